The van der Waals surface area contributed by atoms with Crippen LogP contribution >= 0.6 is 0 Å². The van der Waals surface area contributed by atoms with Crippen molar-refractivity contribution in [1.29, 1.82) is 0 Å². The molecule has 0 aliphatic carbocycles. The minimum Gasteiger partial charge on any atom is -0.350 e. The zero-order valence-corrected chi connectivity index (χ0v) is 15.7. The van der Waals surface area contributed by atoms with E-state index >= 15 is 0 Å². The zero-order chi connectivity index (χ0) is 19.4. The molecule has 0 bridgehead atoms. The summed E-state index contributed by atoms with van der Waals surface area (Å²) in [5.41, 5.74) is 2.90. The Bertz CT molecular complexity index is 979. The van der Waals surface area contributed by atoms with E-state index in [9.17, 15) is 9.59 Å². The van der Waals surface area contributed by atoms with Crippen LogP contribution in [0.1, 0.15) is 47.9 Å². The number of hydrogen-bond donors (Lipinski definition) is 2. The van der Waals surface area contributed by atoms with E-state index in [-0.39, 0.29) is 17.9 Å². The highest BCUT2D eigenvalue weighted by molar-refractivity contribution is 6.09. The van der Waals surface area contributed by atoms with Crippen LogP contribution in [0, 0.1) is 0 Å². The lowest BCUT2D eigenvalue weighted by molar-refractivity contribution is 0.0940. The third kappa shape index (κ3) is 3.97. The lowest BCUT2D eigenvalue weighted by Gasteiger charge is -2.14. The van der Waals surface area contributed by atoms with Crippen LogP contribution in [-0.4, -0.2) is 32.9 Å². The summed E-state index contributed by atoms with van der Waals surface area (Å²) < 4.78 is 1.77. The number of carbonyl (C=O) groups excluding carboxylic acids is 2. The molecule has 7 nitrogen and oxygen atoms in total. The van der Waals surface area contributed by atoms with Crippen LogP contribution in [-0.2, 0) is 6.54 Å². The molecule has 7 heteroatoms. The molecule has 140 valence electrons. The molecule has 1 atom stereocenters. The quantitative estimate of drug-likeness (QED) is 0.702. The number of aromatic nitrogens is 3. The molecule has 0 radical (unpaired) electrons. The number of fused-ring (bicyclic) bond motifs is 1. The fraction of sp³-hybridized carbons (Fsp3) is 0.300. The van der Waals surface area contributed by atoms with Crippen molar-refractivity contribution in [2.24, 2.45) is 0 Å². The van der Waals surface area contributed by atoms with Crippen LogP contribution in [0.2, 0.25) is 0 Å². The van der Waals surface area contributed by atoms with Crippen LogP contribution in [0.15, 0.2) is 42.5 Å². The first-order valence-electron chi connectivity index (χ1n) is 9.08. The van der Waals surface area contributed by atoms with Crippen LogP contribution in [0.4, 0.5) is 5.69 Å². The van der Waals surface area contributed by atoms with E-state index in [0.29, 0.717) is 28.9 Å². The Morgan fingerprint density at radius 3 is 2.63 bits per heavy atom. The summed E-state index contributed by atoms with van der Waals surface area (Å²) in [4.78, 5) is 25.2. The molecule has 1 heterocycles. The highest BCUT2D eigenvalue weighted by Gasteiger charge is 2.16. The van der Waals surface area contributed by atoms with Gasteiger partial charge in [-0.2, -0.15) is 0 Å². The zero-order valence-electron chi connectivity index (χ0n) is 15.7. The molecule has 2 amide bonds. The van der Waals surface area contributed by atoms with Crippen molar-refractivity contribution in [1.82, 2.24) is 20.3 Å². The normalized spacial score (nSPS) is 12.0. The molecular weight excluding hydrogens is 342 g/mol. The standard InChI is InChI=1S/C20H23N5O2/c1-4-13(3)21-20(27)15-8-6-7-9-16(15)22-19(26)14-10-11-18-17(12-14)23-24-25(18)5-2/h6-13H,4-5H2,1-3H3,(H,21,27)(H,22,26)/t13-/m1/s1. The monoisotopic (exact) mass is 365 g/mol. The predicted molar refractivity (Wildman–Crippen MR) is 105 cm³/mol. The largest absolute Gasteiger partial charge is 0.350 e. The number of carbonyl (C=O) groups is 2. The van der Waals surface area contributed by atoms with Crippen molar-refractivity contribution in [3.8, 4) is 0 Å². The van der Waals surface area contributed by atoms with Gasteiger partial charge in [0, 0.05) is 18.2 Å². The van der Waals surface area contributed by atoms with Gasteiger partial charge in [-0.25, -0.2) is 4.68 Å². The minimum atomic E-state index is -0.299. The van der Waals surface area contributed by atoms with Gasteiger partial charge >= 0.3 is 0 Å². The van der Waals surface area contributed by atoms with Gasteiger partial charge in [-0.1, -0.05) is 24.3 Å². The predicted octanol–water partition coefficient (Wildman–Crippen LogP) is 3.23. The van der Waals surface area contributed by atoms with E-state index < -0.39 is 0 Å². The minimum absolute atomic E-state index is 0.0600. The number of benzene rings is 2. The molecule has 1 aromatic heterocycles. The molecule has 0 saturated heterocycles. The average molecular weight is 365 g/mol. The molecule has 3 aromatic rings. The van der Waals surface area contributed by atoms with Crippen molar-refractivity contribution in [3.05, 3.63) is 53.6 Å². The van der Waals surface area contributed by atoms with Gasteiger partial charge in [0.15, 0.2) is 0 Å². The highest BCUT2D eigenvalue weighted by atomic mass is 16.2. The van der Waals surface area contributed by atoms with Gasteiger partial charge in [-0.3, -0.25) is 9.59 Å². The molecule has 0 spiro atoms. The summed E-state index contributed by atoms with van der Waals surface area (Å²) in [6, 6.07) is 12.3. The van der Waals surface area contributed by atoms with E-state index in [0.717, 1.165) is 11.9 Å². The Morgan fingerprint density at radius 1 is 1.11 bits per heavy atom. The number of amides is 2. The van der Waals surface area contributed by atoms with Gasteiger partial charge < -0.3 is 10.6 Å². The SMILES string of the molecule is CC[C@@H](C)NC(=O)c1ccccc1NC(=O)c1ccc2c(c1)nnn2CC. The first-order chi connectivity index (χ1) is 13.0. The second-order valence-corrected chi connectivity index (χ2v) is 6.39. The number of rotatable bonds is 6. The maximum absolute atomic E-state index is 12.7. The van der Waals surface area contributed by atoms with Crippen LogP contribution in [0.25, 0.3) is 11.0 Å². The molecule has 0 aliphatic rings. The molecule has 0 unspecified atom stereocenters. The van der Waals surface area contributed by atoms with Crippen molar-refractivity contribution in [3.63, 3.8) is 0 Å². The van der Waals surface area contributed by atoms with Gasteiger partial charge in [0.1, 0.15) is 5.52 Å². The van der Waals surface area contributed by atoms with Crippen molar-refractivity contribution >= 4 is 28.5 Å². The number of nitrogens with one attached hydrogen (secondary N) is 2. The summed E-state index contributed by atoms with van der Waals surface area (Å²) in [6.45, 7) is 6.64. The number of para-hydroxylation sites is 1. The van der Waals surface area contributed by atoms with Gasteiger partial charge in [-0.05, 0) is 50.6 Å². The van der Waals surface area contributed by atoms with Crippen molar-refractivity contribution < 1.29 is 9.59 Å². The van der Waals surface area contributed by atoms with Gasteiger partial charge in [-0.15, -0.1) is 5.10 Å². The van der Waals surface area contributed by atoms with E-state index in [2.05, 4.69) is 20.9 Å². The van der Waals surface area contributed by atoms with Gasteiger partial charge in [0.25, 0.3) is 11.8 Å². The number of aryl methyl sites for hydroxylation is 1. The maximum Gasteiger partial charge on any atom is 0.255 e. The van der Waals surface area contributed by atoms with E-state index in [1.165, 1.54) is 0 Å². The smallest absolute Gasteiger partial charge is 0.255 e. The number of anilines is 1. The number of nitrogens with zero attached hydrogens (tertiary/aromatic N) is 3. The third-order valence-corrected chi connectivity index (χ3v) is 4.49. The molecule has 2 N–H and O–H groups in total. The average Bonchev–Trinajstić information content (AvgIpc) is 3.10. The first kappa shape index (κ1) is 18.6. The molecule has 27 heavy (non-hydrogen) atoms. The fourth-order valence-corrected chi connectivity index (χ4v) is 2.74. The second kappa shape index (κ2) is 7.99. The van der Waals surface area contributed by atoms with E-state index in [1.807, 2.05) is 26.8 Å². The van der Waals surface area contributed by atoms with Crippen LogP contribution < -0.4 is 10.6 Å². The summed E-state index contributed by atoms with van der Waals surface area (Å²) in [5, 5.41) is 13.9. The Kier molecular flexibility index (Phi) is 5.49. The molecule has 2 aromatic carbocycles. The van der Waals surface area contributed by atoms with E-state index in [1.54, 1.807) is 41.1 Å². The van der Waals surface area contributed by atoms with Crippen LogP contribution in [0.5, 0.6) is 0 Å². The Hall–Kier alpha value is -3.22. The Morgan fingerprint density at radius 2 is 1.89 bits per heavy atom. The molecule has 0 fully saturated rings. The fourth-order valence-electron chi connectivity index (χ4n) is 2.74. The number of hydrogen-bond acceptors (Lipinski definition) is 4. The van der Waals surface area contributed by atoms with Gasteiger partial charge in [0.05, 0.1) is 16.8 Å². The molecular formula is C20H23N5O2. The second-order valence-electron chi connectivity index (χ2n) is 6.39. The van der Waals surface area contributed by atoms with E-state index in [4.69, 9.17) is 0 Å². The topological polar surface area (TPSA) is 88.9 Å². The Balaban J connectivity index is 1.83. The summed E-state index contributed by atoms with van der Waals surface area (Å²) in [6.07, 6.45) is 0.832. The summed E-state index contributed by atoms with van der Waals surface area (Å²) in [5.74, 6) is -0.506. The summed E-state index contributed by atoms with van der Waals surface area (Å²) >= 11 is 0. The first-order valence-corrected chi connectivity index (χ1v) is 9.08. The van der Waals surface area contributed by atoms with Crippen LogP contribution in [0.3, 0.4) is 0 Å². The lowest BCUT2D eigenvalue weighted by atomic mass is 10.1. The lowest BCUT2D eigenvalue weighted by Crippen LogP contribution is -2.32. The molecule has 0 saturated carbocycles. The van der Waals surface area contributed by atoms with Crippen molar-refractivity contribution in [2.45, 2.75) is 39.8 Å². The third-order valence-electron chi connectivity index (χ3n) is 4.49. The van der Waals surface area contributed by atoms with Gasteiger partial charge in [0.2, 0.25) is 0 Å². The Labute approximate surface area is 157 Å². The molecule has 3 rings (SSSR count). The summed E-state index contributed by atoms with van der Waals surface area (Å²) in [7, 11) is 0. The highest BCUT2D eigenvalue weighted by Crippen LogP contribution is 2.18. The molecule has 0 aliphatic heterocycles. The van der Waals surface area contributed by atoms with Crippen molar-refractivity contribution in [2.75, 3.05) is 5.32 Å². The maximum atomic E-state index is 12.7.